The van der Waals surface area contributed by atoms with Crippen LogP contribution in [-0.2, 0) is 67.1 Å². The molecule has 0 saturated carbocycles. The summed E-state index contributed by atoms with van der Waals surface area (Å²) in [5, 5.41) is 32.8. The molecule has 0 atom stereocenters. The molecule has 0 bridgehead atoms. The minimum absolute atomic E-state index is 0. The number of halogens is 12. The smallest absolute Gasteiger partial charge is 0.151 e. The van der Waals surface area contributed by atoms with Gasteiger partial charge in [-0.1, -0.05) is 48.5 Å². The molecule has 48 nitrogen and oxygen atoms in total. The van der Waals surface area contributed by atoms with Gasteiger partial charge in [0.15, 0.2) is 46.5 Å². The van der Waals surface area contributed by atoms with Gasteiger partial charge < -0.3 is 0 Å². The average molecular weight is 2540 g/mol. The van der Waals surface area contributed by atoms with Crippen LogP contribution in [-0.4, -0.2) is 129 Å². The minimum atomic E-state index is -4.94. The van der Waals surface area contributed by atoms with Crippen molar-refractivity contribution in [3.8, 4) is 0 Å². The van der Waals surface area contributed by atoms with Crippen LogP contribution in [0.1, 0.15) is 45.6 Å². The molecular formula is C64H48Br8Cl4Co4N32O16-4. The van der Waals surface area contributed by atoms with Crippen LogP contribution in [0.25, 0.3) is 0 Å². The molecule has 12 rings (SSSR count). The third kappa shape index (κ3) is 62.8. The number of hydrazone groups is 8. The van der Waals surface area contributed by atoms with Gasteiger partial charge in [0.25, 0.3) is 0 Å². The molecule has 0 unspecified atom stereocenters. The summed E-state index contributed by atoms with van der Waals surface area (Å²) >= 11 is 26.5. The van der Waals surface area contributed by atoms with E-state index in [2.05, 4.69) is 291 Å². The standard InChI is InChI=1S/4C16H12Br2N8.4ClHO4.4Co/c4*17-13-5-1-3-11(23-13)8-21-25-15-7-16(20-10-19-15)26-22-9-12-4-2-6-14(18)24-12;4*2-1(3,4)5;;;;/h4*1-10H,(H2,19,20,25,26);4*(H,2,3,4,5);;;;/p-4/b4*21-8+,22-9+;;;;;;;;. The van der Waals surface area contributed by atoms with Gasteiger partial charge in [0.2, 0.25) is 0 Å². The van der Waals surface area contributed by atoms with Crippen molar-refractivity contribution in [3.05, 3.63) is 278 Å². The Kier molecular flexibility index (Phi) is 59.2. The SMILES string of the molecule is Brc1cccc(/C=N/Nc2cc(N/N=C/c3cccc(Br)n3)ncn2)n1.Brc1cccc(/C=N/Nc2cc(N/N=C/c3cccc(Br)n3)ncn2)n1.Brc1cccc(/C=N/Nc2cc(N/N=C/c3cccc(Br)n3)ncn2)n1.Brc1cccc(/C=N/Nc2cc(N/N=C/c3cccc(Br)n3)ncn2)n1.[Co].[Co].[Co].[Co].[O-][Cl+3]([O-])([O-])[O-].[O-][Cl+3]([O-])([O-])[O-].[O-][Cl+3]([O-])([O-])[O-].[O-][Cl+3]([O-])([O-])[O-]. The van der Waals surface area contributed by atoms with Gasteiger partial charge in [-0.2, -0.15) is 40.8 Å². The minimum Gasteiger partial charge on any atom is -0.261 e. The van der Waals surface area contributed by atoms with Crippen molar-refractivity contribution in [2.24, 2.45) is 40.8 Å². The van der Waals surface area contributed by atoms with Crippen LogP contribution < -0.4 is 118 Å². The Bertz CT molecular complexity index is 4580. The molecule has 0 fully saturated rings. The van der Waals surface area contributed by atoms with Gasteiger partial charge in [-0.05, 0) is 225 Å². The van der Waals surface area contributed by atoms with E-state index in [0.29, 0.717) is 92.1 Å². The van der Waals surface area contributed by atoms with Gasteiger partial charge in [0.1, 0.15) is 62.1 Å². The normalized spacial score (nSPS) is 10.9. The van der Waals surface area contributed by atoms with Gasteiger partial charge in [-0.3, -0.25) is 43.4 Å². The number of pyridine rings is 8. The topological polar surface area (TPSA) is 770 Å². The maximum atomic E-state index is 8.49. The van der Waals surface area contributed by atoms with Gasteiger partial charge in [-0.25, -0.2) is 154 Å². The average Bonchev–Trinajstić information content (AvgIpc) is 0.895. The molecule has 12 heterocycles. The van der Waals surface area contributed by atoms with Crippen LogP contribution in [0.2, 0.25) is 0 Å². The molecule has 0 spiro atoms. The quantitative estimate of drug-likeness (QED) is 0.0161. The number of hydrogen-bond acceptors (Lipinski definition) is 48. The Morgan fingerprint density at radius 3 is 0.391 bits per heavy atom. The van der Waals surface area contributed by atoms with E-state index >= 15 is 0 Å². The fourth-order valence-electron chi connectivity index (χ4n) is 7.20. The third-order valence-corrected chi connectivity index (χ3v) is 15.1. The molecule has 4 radical (unpaired) electrons. The van der Waals surface area contributed by atoms with Crippen LogP contribution in [0, 0.1) is 41.0 Å². The Labute approximate surface area is 839 Å². The number of aromatic nitrogens is 16. The summed E-state index contributed by atoms with van der Waals surface area (Å²) in [6, 6.07) is 51.2. The monoisotopic (exact) mass is 2530 g/mol. The van der Waals surface area contributed by atoms with Crippen LogP contribution in [0.15, 0.2) is 273 Å². The molecule has 0 aliphatic heterocycles. The second-order valence-corrected chi connectivity index (χ2v) is 30.2. The first kappa shape index (κ1) is 118. The number of hydrogen-bond donors (Lipinski definition) is 8. The molecule has 0 saturated heterocycles. The molecule has 684 valence electrons. The van der Waals surface area contributed by atoms with Crippen LogP contribution in [0.5, 0.6) is 0 Å². The first-order chi connectivity index (χ1) is 58.7. The van der Waals surface area contributed by atoms with E-state index in [1.54, 1.807) is 74.0 Å². The molecule has 8 N–H and O–H groups in total. The van der Waals surface area contributed by atoms with Crippen molar-refractivity contribution < 1.29 is 183 Å². The summed E-state index contributed by atoms with van der Waals surface area (Å²) in [5.74, 6) is 4.14. The van der Waals surface area contributed by atoms with Crippen molar-refractivity contribution >= 4 is 224 Å². The van der Waals surface area contributed by atoms with E-state index < -0.39 is 41.0 Å². The maximum Gasteiger partial charge on any atom is 0.151 e. The molecule has 12 aromatic rings. The predicted molar refractivity (Wildman–Crippen MR) is 433 cm³/mol. The molecule has 12 aromatic heterocycles. The molecule has 0 aliphatic rings. The summed E-state index contributed by atoms with van der Waals surface area (Å²) in [6.45, 7) is 0. The summed E-state index contributed by atoms with van der Waals surface area (Å²) in [4.78, 5) is 66.7. The first-order valence-electron chi connectivity index (χ1n) is 31.8. The zero-order valence-electron chi connectivity index (χ0n) is 62.2. The van der Waals surface area contributed by atoms with Crippen LogP contribution >= 0.6 is 127 Å². The second kappa shape index (κ2) is 64.4. The fourth-order valence-corrected chi connectivity index (χ4v) is 10.1. The van der Waals surface area contributed by atoms with Gasteiger partial charge in [0.05, 0.1) is 95.3 Å². The maximum absolute atomic E-state index is 8.49. The molecular weight excluding hydrogens is 2490 g/mol. The summed E-state index contributed by atoms with van der Waals surface area (Å²) in [7, 11) is -19.8. The van der Waals surface area contributed by atoms with E-state index in [4.69, 9.17) is 74.5 Å². The number of nitrogens with one attached hydrogen (secondary N) is 8. The Morgan fingerprint density at radius 1 is 0.195 bits per heavy atom. The number of rotatable bonds is 24. The van der Waals surface area contributed by atoms with Gasteiger partial charge in [0, 0.05) is 91.4 Å². The van der Waals surface area contributed by atoms with E-state index in [1.807, 2.05) is 146 Å². The molecule has 0 aromatic carbocycles. The van der Waals surface area contributed by atoms with E-state index in [9.17, 15) is 0 Å². The molecule has 0 amide bonds. The summed E-state index contributed by atoms with van der Waals surface area (Å²) in [6.07, 6.45) is 18.4. The third-order valence-electron chi connectivity index (χ3n) is 11.6. The number of nitrogens with zero attached hydrogens (tertiary/aromatic N) is 24. The largest absolute Gasteiger partial charge is 0.261 e. The fraction of sp³-hybridized carbons (Fsp3) is 0. The Hall–Kier alpha value is -8.33. The molecule has 64 heteroatoms. The summed E-state index contributed by atoms with van der Waals surface area (Å²) in [5.41, 5.74) is 28.3. The first-order valence-corrected chi connectivity index (χ1v) is 43.1. The number of anilines is 8. The second-order valence-electron chi connectivity index (χ2n) is 20.7. The van der Waals surface area contributed by atoms with Crippen LogP contribution in [0.3, 0.4) is 0 Å². The Morgan fingerprint density at radius 2 is 0.297 bits per heavy atom. The molecule has 128 heavy (non-hydrogen) atoms. The van der Waals surface area contributed by atoms with Gasteiger partial charge >= 0.3 is 0 Å². The van der Waals surface area contributed by atoms with Gasteiger partial charge in [-0.15, -0.1) is 41.0 Å². The van der Waals surface area contributed by atoms with E-state index in [0.717, 1.165) is 36.8 Å². The van der Waals surface area contributed by atoms with Crippen molar-refractivity contribution in [3.63, 3.8) is 0 Å². The van der Waals surface area contributed by atoms with Crippen molar-refractivity contribution in [2.45, 2.75) is 0 Å². The van der Waals surface area contributed by atoms with Crippen molar-refractivity contribution in [2.75, 3.05) is 43.4 Å². The van der Waals surface area contributed by atoms with Crippen molar-refractivity contribution in [1.29, 1.82) is 0 Å². The summed E-state index contributed by atoms with van der Waals surface area (Å²) < 4.78 is 142. The zero-order valence-corrected chi connectivity index (χ0v) is 82.1. The predicted octanol–water partition coefficient (Wildman–Crippen LogP) is -4.30. The Balaban J connectivity index is 0.000000786. The zero-order chi connectivity index (χ0) is 90.8. The van der Waals surface area contributed by atoms with E-state index in [1.165, 1.54) is 25.3 Å². The molecule has 0 aliphatic carbocycles. The van der Waals surface area contributed by atoms with Crippen molar-refractivity contribution in [1.82, 2.24) is 79.7 Å². The van der Waals surface area contributed by atoms with Crippen LogP contribution in [0.4, 0.5) is 46.5 Å². The van der Waals surface area contributed by atoms with E-state index in [-0.39, 0.29) is 67.1 Å².